The molecule has 0 bridgehead atoms. The van der Waals surface area contributed by atoms with Crippen LogP contribution in [0.1, 0.15) is 41.6 Å². The van der Waals surface area contributed by atoms with Gasteiger partial charge in [-0.05, 0) is 60.4 Å². The van der Waals surface area contributed by atoms with E-state index in [-0.39, 0.29) is 11.3 Å². The van der Waals surface area contributed by atoms with Gasteiger partial charge in [-0.15, -0.1) is 0 Å². The van der Waals surface area contributed by atoms with Crippen LogP contribution in [-0.2, 0) is 4.79 Å². The van der Waals surface area contributed by atoms with Gasteiger partial charge >= 0.3 is 0 Å². The smallest absolute Gasteiger partial charge is 0.294 e. The van der Waals surface area contributed by atoms with Crippen molar-refractivity contribution in [2.45, 2.75) is 26.8 Å². The second-order valence-electron chi connectivity index (χ2n) is 8.26. The third-order valence-electron chi connectivity index (χ3n) is 5.26. The lowest BCUT2D eigenvalue weighted by Crippen LogP contribution is -2.31. The number of ether oxygens (including phenoxy) is 1. The molecule has 0 saturated heterocycles. The molecule has 0 aliphatic carbocycles. The molecule has 1 unspecified atom stereocenters. The monoisotopic (exact) mass is 431 g/mol. The Hall–Kier alpha value is -3.80. The number of nitrogens with zero attached hydrogens (tertiary/aromatic N) is 1. The molecule has 1 N–H and O–H groups in total. The molecule has 1 amide bonds. The van der Waals surface area contributed by atoms with E-state index in [1.807, 2.05) is 37.3 Å². The summed E-state index contributed by atoms with van der Waals surface area (Å²) in [7, 11) is 0. The highest BCUT2D eigenvalue weighted by atomic mass is 16.5. The van der Waals surface area contributed by atoms with Crippen molar-refractivity contribution in [1.82, 2.24) is 0 Å². The number of benzene rings is 2. The molecule has 32 heavy (non-hydrogen) atoms. The normalized spacial score (nSPS) is 16.2. The molecule has 6 nitrogen and oxygen atoms in total. The molecule has 1 aromatic heterocycles. The van der Waals surface area contributed by atoms with Crippen molar-refractivity contribution in [2.75, 3.05) is 11.5 Å². The number of ketones is 1. The molecule has 0 radical (unpaired) electrons. The Balaban J connectivity index is 1.78. The van der Waals surface area contributed by atoms with Gasteiger partial charge in [0.15, 0.2) is 11.5 Å². The van der Waals surface area contributed by atoms with Gasteiger partial charge in [0.25, 0.3) is 5.91 Å². The molecule has 0 saturated carbocycles. The zero-order chi connectivity index (χ0) is 22.8. The topological polar surface area (TPSA) is 80.0 Å². The van der Waals surface area contributed by atoms with Gasteiger partial charge in [0.05, 0.1) is 24.5 Å². The van der Waals surface area contributed by atoms with Gasteiger partial charge in [-0.2, -0.15) is 0 Å². The Morgan fingerprint density at radius 2 is 1.88 bits per heavy atom. The molecule has 0 spiro atoms. The van der Waals surface area contributed by atoms with Crippen molar-refractivity contribution in [1.29, 1.82) is 0 Å². The van der Waals surface area contributed by atoms with E-state index in [0.717, 1.165) is 5.56 Å². The quantitative estimate of drug-likeness (QED) is 0.506. The molecule has 1 aliphatic heterocycles. The van der Waals surface area contributed by atoms with Crippen LogP contribution in [0, 0.1) is 12.8 Å². The highest BCUT2D eigenvalue weighted by Gasteiger charge is 2.45. The SMILES string of the molecule is Cc1cccc(N2C(=O)C(O)=C(C(=O)c3ccco3)C2c2ccc(OCC(C)C)cc2)c1. The Morgan fingerprint density at radius 1 is 1.12 bits per heavy atom. The van der Waals surface area contributed by atoms with E-state index in [2.05, 4.69) is 13.8 Å². The van der Waals surface area contributed by atoms with Crippen LogP contribution in [0.15, 0.2) is 82.7 Å². The first kappa shape index (κ1) is 21.4. The van der Waals surface area contributed by atoms with Gasteiger partial charge in [0.1, 0.15) is 5.75 Å². The van der Waals surface area contributed by atoms with Gasteiger partial charge in [-0.1, -0.05) is 38.1 Å². The predicted molar refractivity (Wildman–Crippen MR) is 121 cm³/mol. The van der Waals surface area contributed by atoms with Crippen molar-refractivity contribution in [2.24, 2.45) is 5.92 Å². The van der Waals surface area contributed by atoms with Crippen molar-refractivity contribution >= 4 is 17.4 Å². The number of hydrogen-bond donors (Lipinski definition) is 1. The highest BCUT2D eigenvalue weighted by molar-refractivity contribution is 6.20. The Bertz CT molecular complexity index is 1160. The van der Waals surface area contributed by atoms with Gasteiger partial charge in [0, 0.05) is 5.69 Å². The maximum Gasteiger partial charge on any atom is 0.294 e. The fourth-order valence-corrected chi connectivity index (χ4v) is 3.75. The van der Waals surface area contributed by atoms with E-state index >= 15 is 0 Å². The fourth-order valence-electron chi connectivity index (χ4n) is 3.75. The number of carbonyl (C=O) groups excluding carboxylic acids is 2. The molecule has 2 heterocycles. The van der Waals surface area contributed by atoms with Crippen LogP contribution in [0.3, 0.4) is 0 Å². The first-order valence-corrected chi connectivity index (χ1v) is 10.5. The molecule has 2 aromatic carbocycles. The van der Waals surface area contributed by atoms with E-state index in [4.69, 9.17) is 9.15 Å². The Labute approximate surface area is 186 Å². The third-order valence-corrected chi connectivity index (χ3v) is 5.26. The molecule has 3 aromatic rings. The molecule has 164 valence electrons. The van der Waals surface area contributed by atoms with Gasteiger partial charge < -0.3 is 14.3 Å². The number of Topliss-reactive ketones (excluding diaryl/α,β-unsaturated/α-hetero) is 1. The molecular weight excluding hydrogens is 406 g/mol. The summed E-state index contributed by atoms with van der Waals surface area (Å²) in [5.41, 5.74) is 2.21. The number of aliphatic hydroxyl groups is 1. The largest absolute Gasteiger partial charge is 0.503 e. The summed E-state index contributed by atoms with van der Waals surface area (Å²) in [5, 5.41) is 10.8. The number of aryl methyl sites for hydroxylation is 1. The summed E-state index contributed by atoms with van der Waals surface area (Å²) >= 11 is 0. The van der Waals surface area contributed by atoms with Crippen LogP contribution >= 0.6 is 0 Å². The van der Waals surface area contributed by atoms with E-state index in [1.165, 1.54) is 17.2 Å². The Kier molecular flexibility index (Phi) is 5.86. The maximum absolute atomic E-state index is 13.2. The van der Waals surface area contributed by atoms with Crippen LogP contribution in [-0.4, -0.2) is 23.4 Å². The molecule has 1 atom stereocenters. The van der Waals surface area contributed by atoms with E-state index in [1.54, 1.807) is 24.3 Å². The van der Waals surface area contributed by atoms with Crippen LogP contribution in [0.5, 0.6) is 5.75 Å². The van der Waals surface area contributed by atoms with Gasteiger partial charge in [-0.25, -0.2) is 0 Å². The summed E-state index contributed by atoms with van der Waals surface area (Å²) in [6.45, 7) is 6.64. The minimum Gasteiger partial charge on any atom is -0.503 e. The molecule has 6 heteroatoms. The van der Waals surface area contributed by atoms with Crippen LogP contribution in [0.25, 0.3) is 0 Å². The molecule has 4 rings (SSSR count). The van der Waals surface area contributed by atoms with Crippen molar-refractivity contribution < 1.29 is 23.8 Å². The summed E-state index contributed by atoms with van der Waals surface area (Å²) in [6, 6.07) is 16.9. The van der Waals surface area contributed by atoms with Crippen molar-refractivity contribution in [3.05, 3.63) is 95.1 Å². The fraction of sp³-hybridized carbons (Fsp3) is 0.231. The van der Waals surface area contributed by atoms with Crippen molar-refractivity contribution in [3.63, 3.8) is 0 Å². The number of aliphatic hydroxyl groups excluding tert-OH is 1. The molecular formula is C26H25NO5. The van der Waals surface area contributed by atoms with E-state index in [0.29, 0.717) is 29.5 Å². The van der Waals surface area contributed by atoms with Gasteiger partial charge in [-0.3, -0.25) is 14.5 Å². The summed E-state index contributed by atoms with van der Waals surface area (Å²) in [4.78, 5) is 27.8. The molecule has 0 fully saturated rings. The van der Waals surface area contributed by atoms with E-state index < -0.39 is 23.5 Å². The standard InChI is InChI=1S/C26H25NO5/c1-16(2)15-32-20-11-9-18(10-12-20)23-22(24(28)21-8-5-13-31-21)25(29)26(30)27(23)19-7-4-6-17(3)14-19/h4-14,16,23,29H,15H2,1-3H3. The highest BCUT2D eigenvalue weighted by Crippen LogP contribution is 2.42. The average molecular weight is 431 g/mol. The number of amides is 1. The van der Waals surface area contributed by atoms with Crippen molar-refractivity contribution in [3.8, 4) is 5.75 Å². The second-order valence-corrected chi connectivity index (χ2v) is 8.26. The lowest BCUT2D eigenvalue weighted by Gasteiger charge is -2.27. The third kappa shape index (κ3) is 4.04. The van der Waals surface area contributed by atoms with E-state index in [9.17, 15) is 14.7 Å². The lowest BCUT2D eigenvalue weighted by molar-refractivity contribution is -0.117. The number of furan rings is 1. The Morgan fingerprint density at radius 3 is 2.50 bits per heavy atom. The first-order chi connectivity index (χ1) is 15.4. The van der Waals surface area contributed by atoms with Crippen LogP contribution in [0.2, 0.25) is 0 Å². The average Bonchev–Trinajstić information content (AvgIpc) is 3.40. The summed E-state index contributed by atoms with van der Waals surface area (Å²) < 4.78 is 11.0. The predicted octanol–water partition coefficient (Wildman–Crippen LogP) is 5.41. The number of rotatable bonds is 7. The maximum atomic E-state index is 13.2. The number of carbonyl (C=O) groups is 2. The lowest BCUT2D eigenvalue weighted by atomic mass is 9.94. The first-order valence-electron chi connectivity index (χ1n) is 10.5. The minimum absolute atomic E-state index is 0.0118. The number of hydrogen-bond acceptors (Lipinski definition) is 5. The van der Waals surface area contributed by atoms with Crippen LogP contribution < -0.4 is 9.64 Å². The summed E-state index contributed by atoms with van der Waals surface area (Å²) in [6.07, 6.45) is 1.38. The minimum atomic E-state index is -0.805. The zero-order valence-corrected chi connectivity index (χ0v) is 18.2. The number of anilines is 1. The molecule has 1 aliphatic rings. The second kappa shape index (κ2) is 8.75. The zero-order valence-electron chi connectivity index (χ0n) is 18.2. The van der Waals surface area contributed by atoms with Crippen LogP contribution in [0.4, 0.5) is 5.69 Å². The summed E-state index contributed by atoms with van der Waals surface area (Å²) in [5.74, 6) is -0.584. The van der Waals surface area contributed by atoms with Gasteiger partial charge in [0.2, 0.25) is 5.78 Å².